The Morgan fingerprint density at radius 3 is 2.56 bits per heavy atom. The molecular weight excluding hydrogens is 324 g/mol. The van der Waals surface area contributed by atoms with Crippen LogP contribution in [0, 0.1) is 10.1 Å². The molecule has 1 aromatic carbocycles. The van der Waals surface area contributed by atoms with E-state index in [1.165, 1.54) is 18.2 Å². The minimum absolute atomic E-state index is 0.145. The van der Waals surface area contributed by atoms with Crippen LogP contribution in [-0.4, -0.2) is 18.6 Å². The number of benzene rings is 1. The molecule has 1 rings (SSSR count). The van der Waals surface area contributed by atoms with Crippen molar-refractivity contribution in [1.82, 2.24) is 0 Å². The lowest BCUT2D eigenvalue weighted by atomic mass is 10.3. The van der Waals surface area contributed by atoms with Crippen molar-refractivity contribution in [2.45, 2.75) is 0 Å². The third kappa shape index (κ3) is 3.32. The number of sulfonamides is 1. The van der Waals surface area contributed by atoms with Crippen molar-refractivity contribution in [3.8, 4) is 0 Å². The second-order valence-electron chi connectivity index (χ2n) is 2.75. The smallest absolute Gasteiger partial charge is 0.283 e. The van der Waals surface area contributed by atoms with Crippen molar-refractivity contribution >= 4 is 48.9 Å². The lowest BCUT2D eigenvalue weighted by Crippen LogP contribution is -2.13. The van der Waals surface area contributed by atoms with E-state index in [4.69, 9.17) is 11.6 Å². The lowest BCUT2D eigenvalue weighted by Gasteiger charge is -2.05. The molecule has 0 aromatic heterocycles. The van der Waals surface area contributed by atoms with Crippen LogP contribution in [0.5, 0.6) is 0 Å². The highest BCUT2D eigenvalue weighted by atomic mass is 79.9. The molecule has 1 N–H and O–H groups in total. The van der Waals surface area contributed by atoms with E-state index in [0.29, 0.717) is 0 Å². The van der Waals surface area contributed by atoms with Crippen molar-refractivity contribution in [3.63, 3.8) is 0 Å². The van der Waals surface area contributed by atoms with E-state index < -0.39 is 20.2 Å². The normalized spacial score (nSPS) is 11.1. The minimum atomic E-state index is -3.60. The zero-order valence-corrected chi connectivity index (χ0v) is 10.8. The maximum absolute atomic E-state index is 11.1. The quantitative estimate of drug-likeness (QED) is 0.521. The maximum Gasteiger partial charge on any atom is 0.283 e. The molecule has 16 heavy (non-hydrogen) atoms. The number of halogens is 2. The third-order valence-electron chi connectivity index (χ3n) is 1.56. The molecule has 0 saturated carbocycles. The summed E-state index contributed by atoms with van der Waals surface area (Å²) >= 11 is 8.16. The molecule has 9 heteroatoms. The first kappa shape index (κ1) is 13.2. The van der Waals surface area contributed by atoms with Gasteiger partial charge in [0.05, 0.1) is 15.1 Å². The van der Waals surface area contributed by atoms with Crippen LogP contribution >= 0.6 is 27.5 Å². The first-order valence-corrected chi connectivity index (χ1v) is 6.84. The van der Waals surface area contributed by atoms with Crippen LogP contribution in [0.25, 0.3) is 0 Å². The summed E-state index contributed by atoms with van der Waals surface area (Å²) in [6, 6.07) is 3.77. The first-order chi connectivity index (χ1) is 7.35. The number of nitro groups is 1. The predicted molar refractivity (Wildman–Crippen MR) is 64.1 cm³/mol. The van der Waals surface area contributed by atoms with Gasteiger partial charge in [-0.2, -0.15) is 0 Å². The molecule has 0 radical (unpaired) electrons. The molecule has 0 unspecified atom stereocenters. The minimum Gasteiger partial charge on any atom is -0.283 e. The van der Waals surface area contributed by atoms with Crippen molar-refractivity contribution < 1.29 is 13.3 Å². The second kappa shape index (κ2) is 4.98. The molecule has 0 bridgehead atoms. The predicted octanol–water partition coefficient (Wildman–Crippen LogP) is 2.30. The number of anilines is 1. The van der Waals surface area contributed by atoms with Gasteiger partial charge in [-0.3, -0.25) is 14.8 Å². The number of alkyl halides is 1. The van der Waals surface area contributed by atoms with Gasteiger partial charge in [0.25, 0.3) is 5.69 Å². The van der Waals surface area contributed by atoms with Crippen LogP contribution < -0.4 is 4.72 Å². The Balaban J connectivity index is 3.03. The number of rotatable bonds is 4. The molecule has 0 fully saturated rings. The monoisotopic (exact) mass is 328 g/mol. The van der Waals surface area contributed by atoms with Crippen LogP contribution in [0.4, 0.5) is 11.4 Å². The van der Waals surface area contributed by atoms with Crippen LogP contribution in [0.3, 0.4) is 0 Å². The molecule has 0 saturated heterocycles. The van der Waals surface area contributed by atoms with Crippen molar-refractivity contribution in [2.24, 2.45) is 0 Å². The Bertz CT molecular complexity index is 519. The Labute approximate surface area is 105 Å². The summed E-state index contributed by atoms with van der Waals surface area (Å²) in [5.41, 5.74) is 0.0620. The van der Waals surface area contributed by atoms with Crippen LogP contribution in [0.15, 0.2) is 22.7 Å². The summed E-state index contributed by atoms with van der Waals surface area (Å²) in [5.74, 6) is 0. The van der Waals surface area contributed by atoms with Gasteiger partial charge in [-0.05, 0) is 28.1 Å². The zero-order chi connectivity index (χ0) is 12.3. The van der Waals surface area contributed by atoms with Gasteiger partial charge in [-0.25, -0.2) is 8.42 Å². The third-order valence-corrected chi connectivity index (χ3v) is 3.89. The summed E-state index contributed by atoms with van der Waals surface area (Å²) in [7, 11) is -3.60. The first-order valence-electron chi connectivity index (χ1n) is 3.86. The summed E-state index contributed by atoms with van der Waals surface area (Å²) < 4.78 is 24.6. The fourth-order valence-corrected chi connectivity index (χ4v) is 2.15. The molecule has 1 aromatic rings. The van der Waals surface area contributed by atoms with Crippen molar-refractivity contribution in [1.29, 1.82) is 0 Å². The topological polar surface area (TPSA) is 89.3 Å². The van der Waals surface area contributed by atoms with Crippen LogP contribution in [0.1, 0.15) is 0 Å². The van der Waals surface area contributed by atoms with Gasteiger partial charge in [-0.1, -0.05) is 0 Å². The van der Waals surface area contributed by atoms with E-state index in [1.54, 1.807) is 0 Å². The Morgan fingerprint density at radius 1 is 1.50 bits per heavy atom. The average Bonchev–Trinajstić information content (AvgIpc) is 2.16. The van der Waals surface area contributed by atoms with Gasteiger partial charge >= 0.3 is 0 Å². The summed E-state index contributed by atoms with van der Waals surface area (Å²) in [5, 5.41) is 9.91. The Hall–Kier alpha value is -0.860. The molecule has 0 aliphatic rings. The highest BCUT2D eigenvalue weighted by Gasteiger charge is 2.14. The molecule has 6 nitrogen and oxygen atoms in total. The van der Waals surface area contributed by atoms with E-state index in [1.807, 2.05) is 0 Å². The van der Waals surface area contributed by atoms with E-state index >= 15 is 0 Å². The van der Waals surface area contributed by atoms with E-state index in [2.05, 4.69) is 20.7 Å². The van der Waals surface area contributed by atoms with Crippen molar-refractivity contribution in [2.75, 3.05) is 9.93 Å². The van der Waals surface area contributed by atoms with Crippen molar-refractivity contribution in [3.05, 3.63) is 32.8 Å². The standard InChI is InChI=1S/C7H6BrClN2O4S/c8-6-3-5(10-16(14,15)4-9)1-2-7(6)11(12)13/h1-3,10H,4H2. The SMILES string of the molecule is O=[N+]([O-])c1ccc(NS(=O)(=O)CCl)cc1Br. The van der Waals surface area contributed by atoms with E-state index in [-0.39, 0.29) is 15.8 Å². The molecule has 0 aliphatic heterocycles. The maximum atomic E-state index is 11.1. The lowest BCUT2D eigenvalue weighted by molar-refractivity contribution is -0.385. The molecule has 88 valence electrons. The number of hydrogen-bond acceptors (Lipinski definition) is 4. The molecule has 0 aliphatic carbocycles. The fraction of sp³-hybridized carbons (Fsp3) is 0.143. The number of hydrogen-bond donors (Lipinski definition) is 1. The molecule has 0 spiro atoms. The summed E-state index contributed by atoms with van der Waals surface area (Å²) in [6.45, 7) is 0. The number of nitro benzene ring substituents is 1. The largest absolute Gasteiger partial charge is 0.283 e. The van der Waals surface area contributed by atoms with Gasteiger partial charge in [-0.15, -0.1) is 11.6 Å². The average molecular weight is 330 g/mol. The van der Waals surface area contributed by atoms with E-state index in [0.717, 1.165) is 0 Å². The van der Waals surface area contributed by atoms with Gasteiger partial charge in [0.15, 0.2) is 0 Å². The van der Waals surface area contributed by atoms with Gasteiger partial charge in [0.1, 0.15) is 5.21 Å². The van der Waals surface area contributed by atoms with Crippen LogP contribution in [-0.2, 0) is 10.0 Å². The van der Waals surface area contributed by atoms with Gasteiger partial charge in [0, 0.05) is 6.07 Å². The molecule has 0 amide bonds. The fourth-order valence-electron chi connectivity index (χ4n) is 0.925. The Kier molecular flexibility index (Phi) is 4.11. The van der Waals surface area contributed by atoms with Gasteiger partial charge < -0.3 is 0 Å². The molecule has 0 heterocycles. The van der Waals surface area contributed by atoms with Crippen LogP contribution in [0.2, 0.25) is 0 Å². The molecular formula is C7H6BrClN2O4S. The second-order valence-corrected chi connectivity index (χ2v) is 5.91. The zero-order valence-electron chi connectivity index (χ0n) is 7.68. The highest BCUT2D eigenvalue weighted by molar-refractivity contribution is 9.10. The van der Waals surface area contributed by atoms with E-state index in [9.17, 15) is 18.5 Å². The Morgan fingerprint density at radius 2 is 2.12 bits per heavy atom. The summed E-state index contributed by atoms with van der Waals surface area (Å²) in [4.78, 5) is 9.91. The number of nitrogens with one attached hydrogen (secondary N) is 1. The molecule has 0 atom stereocenters. The highest BCUT2D eigenvalue weighted by Crippen LogP contribution is 2.28. The summed E-state index contributed by atoms with van der Waals surface area (Å²) in [6.07, 6.45) is 0. The van der Waals surface area contributed by atoms with Gasteiger partial charge in [0.2, 0.25) is 10.0 Å². The number of nitrogens with zero attached hydrogens (tertiary/aromatic N) is 1.